The predicted molar refractivity (Wildman–Crippen MR) is 108 cm³/mol. The van der Waals surface area contributed by atoms with Crippen molar-refractivity contribution in [3.05, 3.63) is 77.1 Å². The third-order valence-corrected chi connectivity index (χ3v) is 5.01. The highest BCUT2D eigenvalue weighted by molar-refractivity contribution is 6.30. The SMILES string of the molecule is O=C(c1ccc(F)cc1)N1CCN(c2cc(Oc3ccc(F)c(Cl)c3)ncn2)CC1. The Morgan fingerprint density at radius 1 is 0.967 bits per heavy atom. The first kappa shape index (κ1) is 20.0. The van der Waals surface area contributed by atoms with Gasteiger partial charge in [-0.05, 0) is 36.4 Å². The van der Waals surface area contributed by atoms with E-state index >= 15 is 0 Å². The van der Waals surface area contributed by atoms with Gasteiger partial charge in [0.15, 0.2) is 0 Å². The molecule has 9 heteroatoms. The van der Waals surface area contributed by atoms with Crippen molar-refractivity contribution in [2.24, 2.45) is 0 Å². The lowest BCUT2D eigenvalue weighted by molar-refractivity contribution is 0.0746. The molecule has 1 fully saturated rings. The first-order valence-electron chi connectivity index (χ1n) is 9.24. The van der Waals surface area contributed by atoms with E-state index in [2.05, 4.69) is 9.97 Å². The van der Waals surface area contributed by atoms with Gasteiger partial charge in [0.25, 0.3) is 5.91 Å². The van der Waals surface area contributed by atoms with E-state index in [9.17, 15) is 13.6 Å². The van der Waals surface area contributed by atoms with Crippen LogP contribution in [0.5, 0.6) is 11.6 Å². The number of amides is 1. The first-order valence-corrected chi connectivity index (χ1v) is 9.62. The molecule has 2 aromatic carbocycles. The van der Waals surface area contributed by atoms with E-state index in [1.54, 1.807) is 11.0 Å². The average molecular weight is 431 g/mol. The summed E-state index contributed by atoms with van der Waals surface area (Å²) in [6.07, 6.45) is 1.38. The second-order valence-corrected chi connectivity index (χ2v) is 7.09. The molecule has 0 unspecified atom stereocenters. The van der Waals surface area contributed by atoms with Gasteiger partial charge >= 0.3 is 0 Å². The van der Waals surface area contributed by atoms with Gasteiger partial charge in [-0.3, -0.25) is 4.79 Å². The lowest BCUT2D eigenvalue weighted by Gasteiger charge is -2.35. The van der Waals surface area contributed by atoms with Gasteiger partial charge in [-0.15, -0.1) is 0 Å². The van der Waals surface area contributed by atoms with Gasteiger partial charge < -0.3 is 14.5 Å². The maximum Gasteiger partial charge on any atom is 0.253 e. The van der Waals surface area contributed by atoms with Crippen molar-refractivity contribution < 1.29 is 18.3 Å². The molecule has 3 aromatic rings. The van der Waals surface area contributed by atoms with Crippen LogP contribution >= 0.6 is 11.6 Å². The lowest BCUT2D eigenvalue weighted by Crippen LogP contribution is -2.49. The van der Waals surface area contributed by atoms with E-state index in [4.69, 9.17) is 16.3 Å². The standard InChI is InChI=1S/C21H17ClF2N4O2/c22-17-11-16(5-6-18(17)24)30-20-12-19(25-13-26-20)27-7-9-28(10-8-27)21(29)14-1-3-15(23)4-2-14/h1-6,11-13H,7-10H2. The van der Waals surface area contributed by atoms with Gasteiger partial charge in [-0.2, -0.15) is 0 Å². The number of halogens is 3. The molecule has 0 bridgehead atoms. The Labute approximate surface area is 176 Å². The molecule has 0 spiro atoms. The van der Waals surface area contributed by atoms with Gasteiger partial charge in [-0.1, -0.05) is 11.6 Å². The van der Waals surface area contributed by atoms with Crippen molar-refractivity contribution in [1.29, 1.82) is 0 Å². The maximum atomic E-state index is 13.3. The number of benzene rings is 2. The number of hydrogen-bond acceptors (Lipinski definition) is 5. The molecule has 30 heavy (non-hydrogen) atoms. The molecule has 1 aromatic heterocycles. The minimum atomic E-state index is -0.527. The van der Waals surface area contributed by atoms with Crippen LogP contribution in [0.25, 0.3) is 0 Å². The minimum Gasteiger partial charge on any atom is -0.439 e. The van der Waals surface area contributed by atoms with E-state index in [-0.39, 0.29) is 16.7 Å². The van der Waals surface area contributed by atoms with Crippen molar-refractivity contribution in [3.63, 3.8) is 0 Å². The summed E-state index contributed by atoms with van der Waals surface area (Å²) in [4.78, 5) is 24.7. The average Bonchev–Trinajstić information content (AvgIpc) is 2.77. The molecule has 1 saturated heterocycles. The Hall–Kier alpha value is -3.26. The number of ether oxygens (including phenoxy) is 1. The number of piperazine rings is 1. The maximum absolute atomic E-state index is 13.3. The van der Waals surface area contributed by atoms with Crippen molar-refractivity contribution in [2.45, 2.75) is 0 Å². The van der Waals surface area contributed by atoms with Gasteiger partial charge in [0.05, 0.1) is 5.02 Å². The van der Waals surface area contributed by atoms with Gasteiger partial charge in [-0.25, -0.2) is 18.7 Å². The fourth-order valence-electron chi connectivity index (χ4n) is 3.13. The van der Waals surface area contributed by atoms with Crippen molar-refractivity contribution >= 4 is 23.3 Å². The zero-order chi connectivity index (χ0) is 21.1. The second kappa shape index (κ2) is 8.62. The van der Waals surface area contributed by atoms with E-state index in [1.165, 1.54) is 48.8 Å². The molecular weight excluding hydrogens is 414 g/mol. The van der Waals surface area contributed by atoms with Gasteiger partial charge in [0, 0.05) is 43.9 Å². The molecule has 2 heterocycles. The highest BCUT2D eigenvalue weighted by Crippen LogP contribution is 2.26. The van der Waals surface area contributed by atoms with Crippen molar-refractivity contribution in [2.75, 3.05) is 31.1 Å². The second-order valence-electron chi connectivity index (χ2n) is 6.68. The number of hydrogen-bond donors (Lipinski definition) is 0. The van der Waals surface area contributed by atoms with Crippen LogP contribution in [0.3, 0.4) is 0 Å². The molecule has 154 valence electrons. The fourth-order valence-corrected chi connectivity index (χ4v) is 3.30. The summed E-state index contributed by atoms with van der Waals surface area (Å²) < 4.78 is 32.0. The Bertz CT molecular complexity index is 1060. The highest BCUT2D eigenvalue weighted by Gasteiger charge is 2.23. The monoisotopic (exact) mass is 430 g/mol. The van der Waals surface area contributed by atoms with Crippen LogP contribution in [0.1, 0.15) is 10.4 Å². The van der Waals surface area contributed by atoms with Gasteiger partial charge in [0.1, 0.15) is 29.5 Å². The summed E-state index contributed by atoms with van der Waals surface area (Å²) in [7, 11) is 0. The van der Waals surface area contributed by atoms with E-state index in [0.29, 0.717) is 49.2 Å². The predicted octanol–water partition coefficient (Wildman–Crippen LogP) is 4.16. The van der Waals surface area contributed by atoms with Crippen molar-refractivity contribution in [1.82, 2.24) is 14.9 Å². The minimum absolute atomic E-state index is 0.0382. The Balaban J connectivity index is 1.40. The van der Waals surface area contributed by atoms with Crippen LogP contribution in [0.2, 0.25) is 5.02 Å². The summed E-state index contributed by atoms with van der Waals surface area (Å²) in [5, 5.41) is -0.0382. The highest BCUT2D eigenvalue weighted by atomic mass is 35.5. The molecule has 4 rings (SSSR count). The summed E-state index contributed by atoms with van der Waals surface area (Å²) in [5.74, 6) is 0.284. The normalized spacial score (nSPS) is 14.0. The van der Waals surface area contributed by atoms with Crippen LogP contribution in [0.4, 0.5) is 14.6 Å². The summed E-state index contributed by atoms with van der Waals surface area (Å²) in [6, 6.07) is 11.3. The summed E-state index contributed by atoms with van der Waals surface area (Å²) in [5.41, 5.74) is 0.459. The van der Waals surface area contributed by atoms with Crippen LogP contribution in [0, 0.1) is 11.6 Å². The zero-order valence-corrected chi connectivity index (χ0v) is 16.5. The number of nitrogens with zero attached hydrogens (tertiary/aromatic N) is 4. The number of carbonyl (C=O) groups is 1. The smallest absolute Gasteiger partial charge is 0.253 e. The molecule has 6 nitrogen and oxygen atoms in total. The molecule has 0 atom stereocenters. The van der Waals surface area contributed by atoms with Crippen LogP contribution in [0.15, 0.2) is 54.9 Å². The lowest BCUT2D eigenvalue weighted by atomic mass is 10.2. The molecular formula is C21H17ClF2N4O2. The first-order chi connectivity index (χ1) is 14.5. The molecule has 0 aliphatic carbocycles. The number of carbonyl (C=O) groups excluding carboxylic acids is 1. The molecule has 0 saturated carbocycles. The molecule has 0 radical (unpaired) electrons. The topological polar surface area (TPSA) is 58.6 Å². The van der Waals surface area contributed by atoms with Crippen LogP contribution in [-0.2, 0) is 0 Å². The summed E-state index contributed by atoms with van der Waals surface area (Å²) in [6.45, 7) is 2.16. The molecule has 1 aliphatic heterocycles. The molecule has 1 aliphatic rings. The third-order valence-electron chi connectivity index (χ3n) is 4.72. The van der Waals surface area contributed by atoms with Gasteiger partial charge in [0.2, 0.25) is 5.88 Å². The zero-order valence-electron chi connectivity index (χ0n) is 15.8. The quantitative estimate of drug-likeness (QED) is 0.622. The number of aromatic nitrogens is 2. The van der Waals surface area contributed by atoms with E-state index in [0.717, 1.165) is 0 Å². The fraction of sp³-hybridized carbons (Fsp3) is 0.190. The van der Waals surface area contributed by atoms with E-state index in [1.807, 2.05) is 4.90 Å². The largest absolute Gasteiger partial charge is 0.439 e. The van der Waals surface area contributed by atoms with Crippen LogP contribution < -0.4 is 9.64 Å². The Kier molecular flexibility index (Phi) is 5.76. The Morgan fingerprint density at radius 3 is 2.40 bits per heavy atom. The molecule has 0 N–H and O–H groups in total. The molecule has 1 amide bonds. The van der Waals surface area contributed by atoms with Crippen molar-refractivity contribution in [3.8, 4) is 11.6 Å². The van der Waals surface area contributed by atoms with E-state index < -0.39 is 5.82 Å². The number of rotatable bonds is 4. The summed E-state index contributed by atoms with van der Waals surface area (Å²) >= 11 is 5.78. The van der Waals surface area contributed by atoms with Crippen LogP contribution in [-0.4, -0.2) is 47.0 Å². The number of anilines is 1. The Morgan fingerprint density at radius 2 is 1.70 bits per heavy atom. The third kappa shape index (κ3) is 4.49.